The van der Waals surface area contributed by atoms with Gasteiger partial charge in [-0.25, -0.2) is 9.78 Å². The van der Waals surface area contributed by atoms with E-state index in [0.29, 0.717) is 0 Å². The molecule has 3 heterocycles. The third-order valence-corrected chi connectivity index (χ3v) is 2.51. The van der Waals surface area contributed by atoms with E-state index in [-0.39, 0.29) is 0 Å². The van der Waals surface area contributed by atoms with E-state index in [4.69, 9.17) is 5.11 Å². The molecule has 0 amide bonds. The predicted octanol–water partition coefficient (Wildman–Crippen LogP) is 1.72. The fourth-order valence-electron chi connectivity index (χ4n) is 1.67. The van der Waals surface area contributed by atoms with Crippen molar-refractivity contribution in [2.75, 3.05) is 0 Å². The highest BCUT2D eigenvalue weighted by Gasteiger charge is 2.06. The number of fused-ring (bicyclic) bond motifs is 1. The summed E-state index contributed by atoms with van der Waals surface area (Å²) in [4.78, 5) is 14.9. The molecule has 0 atom stereocenters. The third-order valence-electron chi connectivity index (χ3n) is 2.51. The molecule has 3 rings (SSSR count). The van der Waals surface area contributed by atoms with Crippen LogP contribution in [0.25, 0.3) is 16.8 Å². The molecule has 0 saturated carbocycles. The van der Waals surface area contributed by atoms with Gasteiger partial charge in [0, 0.05) is 30.4 Å². The van der Waals surface area contributed by atoms with Crippen molar-refractivity contribution in [3.05, 3.63) is 43.1 Å². The molecule has 3 aromatic rings. The minimum absolute atomic E-state index is 0.748. The van der Waals surface area contributed by atoms with Crippen LogP contribution in [0.5, 0.6) is 0 Å². The van der Waals surface area contributed by atoms with Gasteiger partial charge in [0.15, 0.2) is 0 Å². The number of nitrogens with zero attached hydrogens (tertiary/aromatic N) is 4. The number of imidazole rings is 1. The number of carbonyl (C=O) groups is 1. The normalized spacial score (nSPS) is 10.8. The van der Waals surface area contributed by atoms with Crippen LogP contribution in [0.15, 0.2) is 43.1 Å². The molecule has 0 aliphatic heterocycles. The number of hydrogen-bond donors (Lipinski definition) is 1. The first kappa shape index (κ1) is 9.59. The maximum atomic E-state index is 10.7. The van der Waals surface area contributed by atoms with E-state index < -0.39 is 6.09 Å². The van der Waals surface area contributed by atoms with Crippen LogP contribution in [0.1, 0.15) is 0 Å². The molecule has 1 N–H and O–H groups in total. The summed E-state index contributed by atoms with van der Waals surface area (Å²) in [6, 6.07) is 3.76. The second-order valence-corrected chi connectivity index (χ2v) is 3.56. The molecule has 0 aliphatic carbocycles. The standard InChI is InChI=1S/C11H8N4O2/c16-11(17)15-7-9(6-13-15)8-1-3-14-4-2-12-10(14)5-8/h1-7H,(H,16,17). The minimum Gasteiger partial charge on any atom is -0.463 e. The second kappa shape index (κ2) is 3.44. The van der Waals surface area contributed by atoms with E-state index in [2.05, 4.69) is 10.1 Å². The summed E-state index contributed by atoms with van der Waals surface area (Å²) in [6.45, 7) is 0. The summed E-state index contributed by atoms with van der Waals surface area (Å²) in [7, 11) is 0. The molecule has 0 bridgehead atoms. The summed E-state index contributed by atoms with van der Waals surface area (Å²) < 4.78 is 2.76. The van der Waals surface area contributed by atoms with Crippen molar-refractivity contribution in [1.82, 2.24) is 19.2 Å². The van der Waals surface area contributed by atoms with Gasteiger partial charge in [-0.1, -0.05) is 0 Å². The first-order valence-electron chi connectivity index (χ1n) is 4.95. The van der Waals surface area contributed by atoms with Crippen molar-refractivity contribution in [2.45, 2.75) is 0 Å². The molecule has 0 aromatic carbocycles. The van der Waals surface area contributed by atoms with Crippen LogP contribution in [0.3, 0.4) is 0 Å². The molecular weight excluding hydrogens is 220 g/mol. The first-order valence-corrected chi connectivity index (χ1v) is 4.95. The van der Waals surface area contributed by atoms with Gasteiger partial charge in [-0.05, 0) is 17.7 Å². The largest absolute Gasteiger partial charge is 0.463 e. The Balaban J connectivity index is 2.09. The van der Waals surface area contributed by atoms with Crippen LogP contribution in [0.2, 0.25) is 0 Å². The topological polar surface area (TPSA) is 72.4 Å². The van der Waals surface area contributed by atoms with Gasteiger partial charge in [-0.2, -0.15) is 9.78 Å². The molecule has 0 aliphatic rings. The molecule has 0 unspecified atom stereocenters. The van der Waals surface area contributed by atoms with Crippen LogP contribution < -0.4 is 0 Å². The molecule has 0 spiro atoms. The molecule has 0 saturated heterocycles. The zero-order valence-electron chi connectivity index (χ0n) is 8.69. The van der Waals surface area contributed by atoms with Crippen LogP contribution in [-0.4, -0.2) is 30.4 Å². The molecule has 6 heteroatoms. The van der Waals surface area contributed by atoms with Gasteiger partial charge >= 0.3 is 6.09 Å². The van der Waals surface area contributed by atoms with E-state index in [1.54, 1.807) is 6.20 Å². The van der Waals surface area contributed by atoms with Crippen LogP contribution in [0.4, 0.5) is 4.79 Å². The average Bonchev–Trinajstić information content (AvgIpc) is 2.97. The smallest absolute Gasteiger partial charge is 0.432 e. The van der Waals surface area contributed by atoms with Gasteiger partial charge in [0.1, 0.15) is 5.65 Å². The average molecular weight is 228 g/mol. The fraction of sp³-hybridized carbons (Fsp3) is 0. The summed E-state index contributed by atoms with van der Waals surface area (Å²) in [5.74, 6) is 0. The van der Waals surface area contributed by atoms with Gasteiger partial charge in [0.05, 0.1) is 6.20 Å². The Morgan fingerprint density at radius 1 is 1.29 bits per heavy atom. The molecule has 84 valence electrons. The second-order valence-electron chi connectivity index (χ2n) is 3.56. The van der Waals surface area contributed by atoms with E-state index >= 15 is 0 Å². The molecule has 6 nitrogen and oxygen atoms in total. The fourth-order valence-corrected chi connectivity index (χ4v) is 1.67. The van der Waals surface area contributed by atoms with E-state index in [0.717, 1.165) is 21.5 Å². The number of hydrogen-bond acceptors (Lipinski definition) is 3. The minimum atomic E-state index is -1.10. The zero-order valence-corrected chi connectivity index (χ0v) is 8.69. The Bertz CT molecular complexity index is 698. The van der Waals surface area contributed by atoms with Gasteiger partial charge in [-0.3, -0.25) is 0 Å². The zero-order chi connectivity index (χ0) is 11.8. The van der Waals surface area contributed by atoms with E-state index in [1.165, 1.54) is 12.4 Å². The Labute approximate surface area is 95.8 Å². The maximum absolute atomic E-state index is 10.7. The molecule has 17 heavy (non-hydrogen) atoms. The van der Waals surface area contributed by atoms with E-state index in [1.807, 2.05) is 28.9 Å². The van der Waals surface area contributed by atoms with E-state index in [9.17, 15) is 4.79 Å². The Morgan fingerprint density at radius 3 is 2.94 bits per heavy atom. The quantitative estimate of drug-likeness (QED) is 0.688. The van der Waals surface area contributed by atoms with Crippen LogP contribution in [-0.2, 0) is 0 Å². The van der Waals surface area contributed by atoms with Crippen molar-refractivity contribution in [1.29, 1.82) is 0 Å². The lowest BCUT2D eigenvalue weighted by Gasteiger charge is -1.98. The Morgan fingerprint density at radius 2 is 2.18 bits per heavy atom. The lowest BCUT2D eigenvalue weighted by atomic mass is 10.1. The summed E-state index contributed by atoms with van der Waals surface area (Å²) >= 11 is 0. The highest BCUT2D eigenvalue weighted by molar-refractivity contribution is 5.71. The number of aromatic nitrogens is 4. The van der Waals surface area contributed by atoms with Crippen molar-refractivity contribution >= 4 is 11.7 Å². The monoisotopic (exact) mass is 228 g/mol. The van der Waals surface area contributed by atoms with Gasteiger partial charge in [-0.15, -0.1) is 0 Å². The lowest BCUT2D eigenvalue weighted by molar-refractivity contribution is 0.192. The Kier molecular flexibility index (Phi) is 1.94. The van der Waals surface area contributed by atoms with Crippen molar-refractivity contribution in [3.63, 3.8) is 0 Å². The number of pyridine rings is 1. The lowest BCUT2D eigenvalue weighted by Crippen LogP contribution is -2.07. The molecule has 0 radical (unpaired) electrons. The van der Waals surface area contributed by atoms with Gasteiger partial charge in [0.25, 0.3) is 0 Å². The van der Waals surface area contributed by atoms with Crippen molar-refractivity contribution in [3.8, 4) is 11.1 Å². The van der Waals surface area contributed by atoms with Crippen LogP contribution in [0, 0.1) is 0 Å². The predicted molar refractivity (Wildman–Crippen MR) is 59.8 cm³/mol. The van der Waals surface area contributed by atoms with Crippen LogP contribution >= 0.6 is 0 Å². The van der Waals surface area contributed by atoms with Crippen molar-refractivity contribution in [2.24, 2.45) is 0 Å². The maximum Gasteiger partial charge on any atom is 0.432 e. The first-order chi connectivity index (χ1) is 8.24. The molecular formula is C11H8N4O2. The summed E-state index contributed by atoms with van der Waals surface area (Å²) in [6.07, 6.45) is 7.31. The number of carboxylic acid groups (broad SMARTS) is 1. The molecule has 3 aromatic heterocycles. The van der Waals surface area contributed by atoms with Crippen molar-refractivity contribution < 1.29 is 9.90 Å². The number of rotatable bonds is 1. The highest BCUT2D eigenvalue weighted by atomic mass is 16.4. The van der Waals surface area contributed by atoms with Gasteiger partial charge < -0.3 is 9.51 Å². The third kappa shape index (κ3) is 1.55. The van der Waals surface area contributed by atoms with Gasteiger partial charge in [0.2, 0.25) is 0 Å². The summed E-state index contributed by atoms with van der Waals surface area (Å²) in [5, 5.41) is 12.5. The molecule has 0 fully saturated rings. The Hall–Kier alpha value is -2.63. The summed E-state index contributed by atoms with van der Waals surface area (Å²) in [5.41, 5.74) is 2.44. The highest BCUT2D eigenvalue weighted by Crippen LogP contribution is 2.19. The SMILES string of the molecule is O=C(O)n1cc(-c2ccn3ccnc3c2)cn1.